The van der Waals surface area contributed by atoms with Gasteiger partial charge in [-0.3, -0.25) is 4.79 Å². The van der Waals surface area contributed by atoms with Crippen LogP contribution in [0.5, 0.6) is 0 Å². The normalized spacial score (nSPS) is 20.2. The Morgan fingerprint density at radius 1 is 1.08 bits per heavy atom. The molecule has 128 valence electrons. The summed E-state index contributed by atoms with van der Waals surface area (Å²) in [5, 5.41) is 7.75. The van der Waals surface area contributed by atoms with Crippen LogP contribution in [0.2, 0.25) is 0 Å². The largest absolute Gasteiger partial charge is 0.361 e. The van der Waals surface area contributed by atoms with E-state index in [0.29, 0.717) is 36.3 Å². The molecule has 7 nitrogen and oxygen atoms in total. The Morgan fingerprint density at radius 2 is 1.84 bits per heavy atom. The van der Waals surface area contributed by atoms with Gasteiger partial charge in [0.25, 0.3) is 5.91 Å². The van der Waals surface area contributed by atoms with Crippen molar-refractivity contribution in [2.75, 3.05) is 13.1 Å². The highest BCUT2D eigenvalue weighted by Crippen LogP contribution is 2.39. The van der Waals surface area contributed by atoms with Crippen molar-refractivity contribution in [3.05, 3.63) is 65.1 Å². The predicted molar refractivity (Wildman–Crippen MR) is 88.1 cm³/mol. The molecule has 1 aromatic carbocycles. The fraction of sp³-hybridized carbons (Fsp3) is 0.333. The van der Waals surface area contributed by atoms with Crippen LogP contribution in [0.3, 0.4) is 0 Å². The van der Waals surface area contributed by atoms with Gasteiger partial charge in [-0.25, -0.2) is 0 Å². The van der Waals surface area contributed by atoms with E-state index in [-0.39, 0.29) is 17.7 Å². The van der Waals surface area contributed by atoms with Crippen LogP contribution in [-0.4, -0.2) is 39.2 Å². The zero-order valence-corrected chi connectivity index (χ0v) is 14.0. The predicted octanol–water partition coefficient (Wildman–Crippen LogP) is 2.70. The van der Waals surface area contributed by atoms with Crippen molar-refractivity contribution < 1.29 is 13.8 Å². The number of nitrogens with zero attached hydrogens (tertiary/aromatic N) is 4. The van der Waals surface area contributed by atoms with Gasteiger partial charge in [-0.2, -0.15) is 4.98 Å². The number of amides is 1. The maximum Gasteiger partial charge on any atom is 0.276 e. The zero-order chi connectivity index (χ0) is 17.4. The van der Waals surface area contributed by atoms with E-state index in [4.69, 9.17) is 9.05 Å². The van der Waals surface area contributed by atoms with Gasteiger partial charge in [-0.15, -0.1) is 0 Å². The molecule has 2 unspecified atom stereocenters. The Labute approximate surface area is 144 Å². The fourth-order valence-electron chi connectivity index (χ4n) is 3.35. The van der Waals surface area contributed by atoms with Crippen LogP contribution in [0, 0.1) is 13.8 Å². The SMILES string of the molecule is Cc1noc(C2CN(C(=O)c3cc(C)on3)CC2c2ccccc2)n1. The molecular weight excluding hydrogens is 320 g/mol. The monoisotopic (exact) mass is 338 g/mol. The van der Waals surface area contributed by atoms with E-state index in [1.54, 1.807) is 24.8 Å². The van der Waals surface area contributed by atoms with Crippen molar-refractivity contribution in [1.82, 2.24) is 20.2 Å². The van der Waals surface area contributed by atoms with Crippen molar-refractivity contribution in [3.63, 3.8) is 0 Å². The lowest BCUT2D eigenvalue weighted by molar-refractivity contribution is 0.0777. The van der Waals surface area contributed by atoms with Crippen LogP contribution in [0.4, 0.5) is 0 Å². The maximum absolute atomic E-state index is 12.8. The second-order valence-electron chi connectivity index (χ2n) is 6.34. The Balaban J connectivity index is 1.65. The van der Waals surface area contributed by atoms with Crippen molar-refractivity contribution in [2.45, 2.75) is 25.7 Å². The zero-order valence-electron chi connectivity index (χ0n) is 14.0. The minimum absolute atomic E-state index is 0.0412. The summed E-state index contributed by atoms with van der Waals surface area (Å²) in [4.78, 5) is 18.9. The number of rotatable bonds is 3. The Kier molecular flexibility index (Phi) is 3.83. The molecule has 25 heavy (non-hydrogen) atoms. The summed E-state index contributed by atoms with van der Waals surface area (Å²) in [6, 6.07) is 11.8. The minimum Gasteiger partial charge on any atom is -0.361 e. The van der Waals surface area contributed by atoms with Gasteiger partial charge in [0.05, 0.1) is 5.92 Å². The third kappa shape index (κ3) is 2.93. The van der Waals surface area contributed by atoms with Gasteiger partial charge in [0.2, 0.25) is 5.89 Å². The molecule has 2 atom stereocenters. The highest BCUT2D eigenvalue weighted by Gasteiger charge is 2.40. The summed E-state index contributed by atoms with van der Waals surface area (Å²) in [5.41, 5.74) is 1.47. The first-order chi connectivity index (χ1) is 12.1. The van der Waals surface area contributed by atoms with Gasteiger partial charge in [-0.1, -0.05) is 40.6 Å². The molecule has 0 bridgehead atoms. The number of likely N-dealkylation sites (tertiary alicyclic amines) is 1. The lowest BCUT2D eigenvalue weighted by Gasteiger charge is -2.15. The van der Waals surface area contributed by atoms with Crippen molar-refractivity contribution >= 4 is 5.91 Å². The molecule has 3 aromatic rings. The molecule has 3 heterocycles. The van der Waals surface area contributed by atoms with E-state index in [1.165, 1.54) is 0 Å². The van der Waals surface area contributed by atoms with Gasteiger partial charge in [0.1, 0.15) is 5.76 Å². The average molecular weight is 338 g/mol. The number of benzene rings is 1. The third-order valence-electron chi connectivity index (χ3n) is 4.54. The van der Waals surface area contributed by atoms with Gasteiger partial charge < -0.3 is 13.9 Å². The highest BCUT2D eigenvalue weighted by atomic mass is 16.5. The van der Waals surface area contributed by atoms with E-state index >= 15 is 0 Å². The number of hydrogen-bond donors (Lipinski definition) is 0. The molecule has 1 fully saturated rings. The molecule has 0 aliphatic carbocycles. The van der Waals surface area contributed by atoms with E-state index in [2.05, 4.69) is 27.4 Å². The minimum atomic E-state index is -0.142. The first kappa shape index (κ1) is 15.6. The molecule has 0 saturated carbocycles. The van der Waals surface area contributed by atoms with Gasteiger partial charge in [0, 0.05) is 25.1 Å². The van der Waals surface area contributed by atoms with Crippen molar-refractivity contribution in [3.8, 4) is 0 Å². The van der Waals surface area contributed by atoms with Gasteiger partial charge >= 0.3 is 0 Å². The number of aromatic nitrogens is 3. The molecule has 0 N–H and O–H groups in total. The van der Waals surface area contributed by atoms with Crippen LogP contribution in [-0.2, 0) is 0 Å². The summed E-state index contributed by atoms with van der Waals surface area (Å²) >= 11 is 0. The maximum atomic E-state index is 12.8. The summed E-state index contributed by atoms with van der Waals surface area (Å²) in [5.74, 6) is 1.69. The fourth-order valence-corrected chi connectivity index (χ4v) is 3.35. The Morgan fingerprint density at radius 3 is 2.48 bits per heavy atom. The van der Waals surface area contributed by atoms with Crippen molar-refractivity contribution in [2.24, 2.45) is 0 Å². The smallest absolute Gasteiger partial charge is 0.276 e. The molecule has 1 amide bonds. The van der Waals surface area contributed by atoms with E-state index in [9.17, 15) is 4.79 Å². The molecule has 7 heteroatoms. The summed E-state index contributed by atoms with van der Waals surface area (Å²) in [7, 11) is 0. The molecule has 1 aliphatic rings. The molecule has 0 radical (unpaired) electrons. The van der Waals surface area contributed by atoms with Crippen LogP contribution in [0.15, 0.2) is 45.4 Å². The first-order valence-electron chi connectivity index (χ1n) is 8.19. The Bertz CT molecular complexity index is 887. The van der Waals surface area contributed by atoms with Crippen molar-refractivity contribution in [1.29, 1.82) is 0 Å². The number of hydrogen-bond acceptors (Lipinski definition) is 6. The van der Waals surface area contributed by atoms with Crippen LogP contribution < -0.4 is 0 Å². The van der Waals surface area contributed by atoms with E-state index in [1.807, 2.05) is 18.2 Å². The van der Waals surface area contributed by atoms with E-state index < -0.39 is 0 Å². The summed E-state index contributed by atoms with van der Waals surface area (Å²) in [6.45, 7) is 4.64. The lowest BCUT2D eigenvalue weighted by Crippen LogP contribution is -2.29. The average Bonchev–Trinajstić information content (AvgIpc) is 3.34. The molecular formula is C18H18N4O3. The lowest BCUT2D eigenvalue weighted by atomic mass is 9.89. The molecule has 2 aromatic heterocycles. The van der Waals surface area contributed by atoms with Crippen LogP contribution >= 0.6 is 0 Å². The highest BCUT2D eigenvalue weighted by molar-refractivity contribution is 5.92. The van der Waals surface area contributed by atoms with Gasteiger partial charge in [0.15, 0.2) is 11.5 Å². The summed E-state index contributed by atoms with van der Waals surface area (Å²) < 4.78 is 10.4. The van der Waals surface area contributed by atoms with Crippen LogP contribution in [0.25, 0.3) is 0 Å². The standard InChI is InChI=1S/C18H18N4O3/c1-11-8-16(21-24-11)18(23)22-9-14(13-6-4-3-5-7-13)15(10-22)17-19-12(2)20-25-17/h3-8,14-15H,9-10H2,1-2H3. The van der Waals surface area contributed by atoms with Crippen LogP contribution in [0.1, 0.15) is 45.4 Å². The second-order valence-corrected chi connectivity index (χ2v) is 6.34. The Hall–Kier alpha value is -2.96. The number of aryl methyl sites for hydroxylation is 2. The summed E-state index contributed by atoms with van der Waals surface area (Å²) in [6.07, 6.45) is 0. The molecule has 4 rings (SSSR count). The topological polar surface area (TPSA) is 85.3 Å². The number of carbonyl (C=O) groups excluding carboxylic acids is 1. The quantitative estimate of drug-likeness (QED) is 0.730. The van der Waals surface area contributed by atoms with E-state index in [0.717, 1.165) is 5.56 Å². The molecule has 0 spiro atoms. The van der Waals surface area contributed by atoms with Gasteiger partial charge in [-0.05, 0) is 19.4 Å². The first-order valence-corrected chi connectivity index (χ1v) is 8.19. The third-order valence-corrected chi connectivity index (χ3v) is 4.54. The second kappa shape index (κ2) is 6.16. The molecule has 1 aliphatic heterocycles. The molecule has 1 saturated heterocycles. The number of carbonyl (C=O) groups is 1.